The fourth-order valence-corrected chi connectivity index (χ4v) is 1.90. The minimum Gasteiger partial charge on any atom is -0.292 e. The maximum absolute atomic E-state index is 12.4. The Hall–Kier alpha value is -1.63. The SMILES string of the molecule is O=C(Cn1cc(C(F)(F)F)cn1)c1cccc(Br)c1. The summed E-state index contributed by atoms with van der Waals surface area (Å²) in [5.74, 6) is -0.307. The lowest BCUT2D eigenvalue weighted by molar-refractivity contribution is -0.137. The van der Waals surface area contributed by atoms with Crippen LogP contribution in [-0.2, 0) is 12.7 Å². The summed E-state index contributed by atoms with van der Waals surface area (Å²) in [6, 6.07) is 6.64. The zero-order chi connectivity index (χ0) is 14.0. The van der Waals surface area contributed by atoms with E-state index in [2.05, 4.69) is 21.0 Å². The Kier molecular flexibility index (Phi) is 3.75. The predicted molar refractivity (Wildman–Crippen MR) is 65.7 cm³/mol. The molecule has 1 aromatic heterocycles. The van der Waals surface area contributed by atoms with Crippen molar-refractivity contribution in [1.29, 1.82) is 0 Å². The van der Waals surface area contributed by atoms with Gasteiger partial charge in [0.05, 0.1) is 11.8 Å². The molecule has 0 N–H and O–H groups in total. The van der Waals surface area contributed by atoms with Crippen LogP contribution >= 0.6 is 15.9 Å². The van der Waals surface area contributed by atoms with Gasteiger partial charge in [0, 0.05) is 16.2 Å². The number of carbonyl (C=O) groups is 1. The molecule has 0 aliphatic rings. The van der Waals surface area contributed by atoms with Crippen molar-refractivity contribution in [2.45, 2.75) is 12.7 Å². The Labute approximate surface area is 115 Å². The zero-order valence-electron chi connectivity index (χ0n) is 9.49. The van der Waals surface area contributed by atoms with Gasteiger partial charge in [0.25, 0.3) is 0 Å². The van der Waals surface area contributed by atoms with Gasteiger partial charge in [0.2, 0.25) is 0 Å². The van der Waals surface area contributed by atoms with Crippen molar-refractivity contribution in [1.82, 2.24) is 9.78 Å². The van der Waals surface area contributed by atoms with Crippen molar-refractivity contribution in [2.24, 2.45) is 0 Å². The van der Waals surface area contributed by atoms with Crippen molar-refractivity contribution >= 4 is 21.7 Å². The van der Waals surface area contributed by atoms with Gasteiger partial charge in [0.15, 0.2) is 5.78 Å². The largest absolute Gasteiger partial charge is 0.419 e. The Balaban J connectivity index is 2.13. The van der Waals surface area contributed by atoms with Crippen molar-refractivity contribution in [3.05, 3.63) is 52.3 Å². The average Bonchev–Trinajstić information content (AvgIpc) is 2.77. The van der Waals surface area contributed by atoms with Crippen LogP contribution in [0.4, 0.5) is 13.2 Å². The third-order valence-electron chi connectivity index (χ3n) is 2.41. The highest BCUT2D eigenvalue weighted by Crippen LogP contribution is 2.28. The number of hydrogen-bond donors (Lipinski definition) is 0. The molecule has 7 heteroatoms. The number of ketones is 1. The highest BCUT2D eigenvalue weighted by atomic mass is 79.9. The number of aromatic nitrogens is 2. The monoisotopic (exact) mass is 332 g/mol. The van der Waals surface area contributed by atoms with Crippen molar-refractivity contribution in [3.8, 4) is 0 Å². The molecule has 2 rings (SSSR count). The summed E-state index contributed by atoms with van der Waals surface area (Å²) < 4.78 is 38.8. The molecule has 0 saturated carbocycles. The number of rotatable bonds is 3. The quantitative estimate of drug-likeness (QED) is 0.806. The first-order valence-electron chi connectivity index (χ1n) is 5.24. The average molecular weight is 333 g/mol. The lowest BCUT2D eigenvalue weighted by Gasteiger charge is -2.03. The summed E-state index contributed by atoms with van der Waals surface area (Å²) in [7, 11) is 0. The highest BCUT2D eigenvalue weighted by Gasteiger charge is 2.32. The number of halogens is 4. The first kappa shape index (κ1) is 13.8. The fraction of sp³-hybridized carbons (Fsp3) is 0.167. The molecular weight excluding hydrogens is 325 g/mol. The van der Waals surface area contributed by atoms with Crippen LogP contribution in [0.5, 0.6) is 0 Å². The van der Waals surface area contributed by atoms with Crippen LogP contribution in [-0.4, -0.2) is 15.6 Å². The molecule has 0 amide bonds. The van der Waals surface area contributed by atoms with Crippen LogP contribution < -0.4 is 0 Å². The van der Waals surface area contributed by atoms with Crippen molar-refractivity contribution in [3.63, 3.8) is 0 Å². The Bertz CT molecular complexity index is 607. The molecule has 0 bridgehead atoms. The van der Waals surface area contributed by atoms with Gasteiger partial charge in [-0.05, 0) is 12.1 Å². The molecule has 0 atom stereocenters. The summed E-state index contributed by atoms with van der Waals surface area (Å²) in [6.07, 6.45) is -2.93. The number of Topliss-reactive ketones (excluding diaryl/α,β-unsaturated/α-hetero) is 1. The smallest absolute Gasteiger partial charge is 0.292 e. The van der Waals surface area contributed by atoms with Gasteiger partial charge >= 0.3 is 6.18 Å². The van der Waals surface area contributed by atoms with Crippen LogP contribution in [0.2, 0.25) is 0 Å². The van der Waals surface area contributed by atoms with Crippen molar-refractivity contribution < 1.29 is 18.0 Å². The molecule has 0 fully saturated rings. The topological polar surface area (TPSA) is 34.9 Å². The summed E-state index contributed by atoms with van der Waals surface area (Å²) in [4.78, 5) is 11.9. The van der Waals surface area contributed by atoms with Crippen LogP contribution in [0.3, 0.4) is 0 Å². The second-order valence-corrected chi connectivity index (χ2v) is 4.77. The van der Waals surface area contributed by atoms with Crippen LogP contribution in [0.15, 0.2) is 41.1 Å². The molecular formula is C12H8BrF3N2O. The fourth-order valence-electron chi connectivity index (χ4n) is 1.50. The van der Waals surface area contributed by atoms with Crippen LogP contribution in [0.1, 0.15) is 15.9 Å². The van der Waals surface area contributed by atoms with Crippen molar-refractivity contribution in [2.75, 3.05) is 0 Å². The Morgan fingerprint density at radius 3 is 2.68 bits per heavy atom. The van der Waals surface area contributed by atoms with E-state index in [0.29, 0.717) is 11.8 Å². The standard InChI is InChI=1S/C12H8BrF3N2O/c13-10-3-1-2-8(4-10)11(19)7-18-6-9(5-17-18)12(14,15)16/h1-6H,7H2. The normalized spacial score (nSPS) is 11.6. The highest BCUT2D eigenvalue weighted by molar-refractivity contribution is 9.10. The number of alkyl halides is 3. The van der Waals surface area contributed by atoms with E-state index >= 15 is 0 Å². The number of carbonyl (C=O) groups excluding carboxylic acids is 1. The molecule has 0 radical (unpaired) electrons. The molecule has 0 aliphatic carbocycles. The van der Waals surface area contributed by atoms with Gasteiger partial charge in [-0.1, -0.05) is 28.1 Å². The summed E-state index contributed by atoms with van der Waals surface area (Å²) in [5, 5.41) is 3.53. The zero-order valence-corrected chi connectivity index (χ0v) is 11.1. The minimum atomic E-state index is -4.45. The van der Waals surface area contributed by atoms with Crippen LogP contribution in [0.25, 0.3) is 0 Å². The molecule has 1 heterocycles. The number of benzene rings is 1. The van der Waals surface area contributed by atoms with E-state index in [1.54, 1.807) is 24.3 Å². The summed E-state index contributed by atoms with van der Waals surface area (Å²) in [6.45, 7) is -0.230. The van der Waals surface area contributed by atoms with Gasteiger partial charge in [-0.2, -0.15) is 18.3 Å². The summed E-state index contributed by atoms with van der Waals surface area (Å²) >= 11 is 3.22. The molecule has 0 unspecified atom stereocenters. The van der Waals surface area contributed by atoms with Crippen LogP contribution in [0, 0.1) is 0 Å². The first-order chi connectivity index (χ1) is 8.86. The molecule has 0 spiro atoms. The maximum atomic E-state index is 12.4. The van der Waals surface area contributed by atoms with Gasteiger partial charge in [-0.25, -0.2) is 0 Å². The molecule has 0 aliphatic heterocycles. The van der Waals surface area contributed by atoms with Gasteiger partial charge < -0.3 is 0 Å². The van der Waals surface area contributed by atoms with E-state index in [4.69, 9.17) is 0 Å². The maximum Gasteiger partial charge on any atom is 0.419 e. The van der Waals surface area contributed by atoms with E-state index in [1.165, 1.54) is 0 Å². The van der Waals surface area contributed by atoms with Gasteiger partial charge in [-0.3, -0.25) is 9.48 Å². The molecule has 1 aromatic carbocycles. The number of nitrogens with zero attached hydrogens (tertiary/aromatic N) is 2. The van der Waals surface area contributed by atoms with E-state index in [-0.39, 0.29) is 12.3 Å². The lowest BCUT2D eigenvalue weighted by Crippen LogP contribution is -2.11. The molecule has 19 heavy (non-hydrogen) atoms. The van der Waals surface area contributed by atoms with Gasteiger partial charge in [-0.15, -0.1) is 0 Å². The first-order valence-corrected chi connectivity index (χ1v) is 6.04. The predicted octanol–water partition coefficient (Wildman–Crippen LogP) is 3.55. The third kappa shape index (κ3) is 3.44. The summed E-state index contributed by atoms with van der Waals surface area (Å²) in [5.41, 5.74) is -0.451. The Morgan fingerprint density at radius 2 is 2.11 bits per heavy atom. The lowest BCUT2D eigenvalue weighted by atomic mass is 10.1. The molecule has 2 aromatic rings. The van der Waals surface area contributed by atoms with Gasteiger partial charge in [0.1, 0.15) is 6.54 Å². The van der Waals surface area contributed by atoms with E-state index in [9.17, 15) is 18.0 Å². The number of hydrogen-bond acceptors (Lipinski definition) is 2. The van der Waals surface area contributed by atoms with E-state index in [0.717, 1.165) is 15.4 Å². The second-order valence-electron chi connectivity index (χ2n) is 3.86. The molecule has 3 nitrogen and oxygen atoms in total. The minimum absolute atomic E-state index is 0.230. The van der Waals surface area contributed by atoms with E-state index < -0.39 is 11.7 Å². The molecule has 100 valence electrons. The molecule has 0 saturated heterocycles. The third-order valence-corrected chi connectivity index (χ3v) is 2.91. The van der Waals surface area contributed by atoms with E-state index in [1.807, 2.05) is 0 Å². The second kappa shape index (κ2) is 5.16. The Morgan fingerprint density at radius 1 is 1.37 bits per heavy atom.